The maximum absolute atomic E-state index is 11.7. The molecule has 0 saturated heterocycles. The SMILES string of the molecule is CCN(CC)C(=O)COc1cc(N)ccc1Cl. The van der Waals surface area contributed by atoms with Gasteiger partial charge in [0.25, 0.3) is 5.91 Å². The number of amides is 1. The first-order chi connectivity index (χ1) is 8.08. The molecule has 0 aliphatic carbocycles. The molecule has 0 aromatic heterocycles. The van der Waals surface area contributed by atoms with E-state index in [1.807, 2.05) is 13.8 Å². The van der Waals surface area contributed by atoms with Crippen LogP contribution in [0, 0.1) is 0 Å². The Labute approximate surface area is 106 Å². The smallest absolute Gasteiger partial charge is 0.260 e. The van der Waals surface area contributed by atoms with Crippen LogP contribution in [0.4, 0.5) is 5.69 Å². The molecular weight excluding hydrogens is 240 g/mol. The standard InChI is InChI=1S/C12H17ClN2O2/c1-3-15(4-2)12(16)8-17-11-7-9(14)5-6-10(11)13/h5-7H,3-4,8,14H2,1-2H3. The molecule has 0 fully saturated rings. The zero-order valence-corrected chi connectivity index (χ0v) is 10.8. The number of nitrogens with two attached hydrogens (primary N) is 1. The van der Waals surface area contributed by atoms with Crippen molar-refractivity contribution in [2.75, 3.05) is 25.4 Å². The van der Waals surface area contributed by atoms with Crippen molar-refractivity contribution >= 4 is 23.2 Å². The van der Waals surface area contributed by atoms with Crippen LogP contribution in [0.5, 0.6) is 5.75 Å². The number of benzene rings is 1. The third-order valence-corrected chi connectivity index (χ3v) is 2.73. The lowest BCUT2D eigenvalue weighted by Gasteiger charge is -2.18. The van der Waals surface area contributed by atoms with Gasteiger partial charge in [-0.05, 0) is 26.0 Å². The van der Waals surface area contributed by atoms with E-state index in [1.165, 1.54) is 0 Å². The number of hydrogen-bond donors (Lipinski definition) is 1. The molecule has 1 amide bonds. The van der Waals surface area contributed by atoms with Crippen LogP contribution in [0.2, 0.25) is 5.02 Å². The van der Waals surface area contributed by atoms with Gasteiger partial charge < -0.3 is 15.4 Å². The van der Waals surface area contributed by atoms with Gasteiger partial charge in [-0.1, -0.05) is 11.6 Å². The number of halogens is 1. The molecule has 0 unspecified atom stereocenters. The summed E-state index contributed by atoms with van der Waals surface area (Å²) in [5, 5.41) is 0.451. The van der Waals surface area contributed by atoms with Crippen molar-refractivity contribution in [1.29, 1.82) is 0 Å². The Hall–Kier alpha value is -1.42. The number of anilines is 1. The Morgan fingerprint density at radius 1 is 1.41 bits per heavy atom. The lowest BCUT2D eigenvalue weighted by Crippen LogP contribution is -2.34. The average molecular weight is 257 g/mol. The highest BCUT2D eigenvalue weighted by atomic mass is 35.5. The first-order valence-electron chi connectivity index (χ1n) is 5.54. The minimum absolute atomic E-state index is 0.0230. The van der Waals surface area contributed by atoms with Crippen molar-refractivity contribution in [3.05, 3.63) is 23.2 Å². The van der Waals surface area contributed by atoms with Gasteiger partial charge >= 0.3 is 0 Å². The summed E-state index contributed by atoms with van der Waals surface area (Å²) in [6, 6.07) is 4.94. The van der Waals surface area contributed by atoms with Crippen molar-refractivity contribution in [1.82, 2.24) is 4.90 Å². The molecule has 0 radical (unpaired) electrons. The number of nitrogens with zero attached hydrogens (tertiary/aromatic N) is 1. The fourth-order valence-corrected chi connectivity index (χ4v) is 1.61. The van der Waals surface area contributed by atoms with E-state index in [1.54, 1.807) is 23.1 Å². The van der Waals surface area contributed by atoms with Gasteiger partial charge in [0.15, 0.2) is 6.61 Å². The second-order valence-electron chi connectivity index (χ2n) is 3.54. The minimum Gasteiger partial charge on any atom is -0.482 e. The fourth-order valence-electron chi connectivity index (χ4n) is 1.44. The molecule has 1 aromatic carbocycles. The van der Waals surface area contributed by atoms with Gasteiger partial charge in [-0.15, -0.1) is 0 Å². The van der Waals surface area contributed by atoms with E-state index >= 15 is 0 Å². The normalized spacial score (nSPS) is 10.1. The van der Waals surface area contributed by atoms with E-state index in [-0.39, 0.29) is 12.5 Å². The van der Waals surface area contributed by atoms with E-state index < -0.39 is 0 Å². The van der Waals surface area contributed by atoms with Gasteiger partial charge in [-0.2, -0.15) is 0 Å². The number of likely N-dealkylation sites (N-methyl/N-ethyl adjacent to an activating group) is 1. The largest absolute Gasteiger partial charge is 0.482 e. The summed E-state index contributed by atoms with van der Waals surface area (Å²) in [5.41, 5.74) is 6.17. The summed E-state index contributed by atoms with van der Waals surface area (Å²) in [6.07, 6.45) is 0. The van der Waals surface area contributed by atoms with Gasteiger partial charge in [0.1, 0.15) is 5.75 Å². The van der Waals surface area contributed by atoms with Crippen molar-refractivity contribution in [2.45, 2.75) is 13.8 Å². The number of ether oxygens (including phenoxy) is 1. The topological polar surface area (TPSA) is 55.6 Å². The Morgan fingerprint density at radius 2 is 2.06 bits per heavy atom. The molecule has 0 aliphatic rings. The van der Waals surface area contributed by atoms with Crippen molar-refractivity contribution in [3.63, 3.8) is 0 Å². The van der Waals surface area contributed by atoms with Crippen molar-refractivity contribution < 1.29 is 9.53 Å². The van der Waals surface area contributed by atoms with Crippen LogP contribution in [0.15, 0.2) is 18.2 Å². The molecule has 0 aliphatic heterocycles. The second-order valence-corrected chi connectivity index (χ2v) is 3.95. The van der Waals surface area contributed by atoms with E-state index in [9.17, 15) is 4.79 Å². The zero-order valence-electron chi connectivity index (χ0n) is 10.1. The lowest BCUT2D eigenvalue weighted by molar-refractivity contribution is -0.132. The van der Waals surface area contributed by atoms with Crippen LogP contribution in [-0.2, 0) is 4.79 Å². The van der Waals surface area contributed by atoms with Gasteiger partial charge in [-0.25, -0.2) is 0 Å². The lowest BCUT2D eigenvalue weighted by atomic mass is 10.3. The van der Waals surface area contributed by atoms with Crippen LogP contribution in [0.3, 0.4) is 0 Å². The molecule has 17 heavy (non-hydrogen) atoms. The maximum atomic E-state index is 11.7. The van der Waals surface area contributed by atoms with E-state index in [2.05, 4.69) is 0 Å². The Balaban J connectivity index is 2.61. The summed E-state index contributed by atoms with van der Waals surface area (Å²) in [7, 11) is 0. The first kappa shape index (κ1) is 13.6. The average Bonchev–Trinajstić information content (AvgIpc) is 2.32. The van der Waals surface area contributed by atoms with Crippen LogP contribution >= 0.6 is 11.6 Å². The Morgan fingerprint density at radius 3 is 2.65 bits per heavy atom. The van der Waals surface area contributed by atoms with Gasteiger partial charge in [0.2, 0.25) is 0 Å². The maximum Gasteiger partial charge on any atom is 0.260 e. The monoisotopic (exact) mass is 256 g/mol. The summed E-state index contributed by atoms with van der Waals surface area (Å²) < 4.78 is 5.36. The first-order valence-corrected chi connectivity index (χ1v) is 5.91. The highest BCUT2D eigenvalue weighted by Gasteiger charge is 2.11. The number of hydrogen-bond acceptors (Lipinski definition) is 3. The summed E-state index contributed by atoms with van der Waals surface area (Å²) in [6.45, 7) is 5.17. The predicted molar refractivity (Wildman–Crippen MR) is 69.3 cm³/mol. The molecule has 0 spiro atoms. The highest BCUT2D eigenvalue weighted by Crippen LogP contribution is 2.26. The Kier molecular flexibility index (Phi) is 5.10. The van der Waals surface area contributed by atoms with Crippen molar-refractivity contribution in [2.24, 2.45) is 0 Å². The molecule has 4 nitrogen and oxygen atoms in total. The number of carbonyl (C=O) groups is 1. The Bertz CT molecular complexity index is 392. The molecular formula is C12H17ClN2O2. The van der Waals surface area contributed by atoms with Crippen LogP contribution in [0.25, 0.3) is 0 Å². The molecule has 1 aromatic rings. The molecule has 0 atom stereocenters. The fraction of sp³-hybridized carbons (Fsp3) is 0.417. The molecule has 0 heterocycles. The molecule has 5 heteroatoms. The summed E-state index contributed by atoms with van der Waals surface area (Å²) >= 11 is 5.92. The number of rotatable bonds is 5. The van der Waals surface area contributed by atoms with Crippen LogP contribution in [-0.4, -0.2) is 30.5 Å². The molecule has 94 valence electrons. The highest BCUT2D eigenvalue weighted by molar-refractivity contribution is 6.32. The van der Waals surface area contributed by atoms with Crippen molar-refractivity contribution in [3.8, 4) is 5.75 Å². The third-order valence-electron chi connectivity index (χ3n) is 2.42. The quantitative estimate of drug-likeness (QED) is 0.822. The summed E-state index contributed by atoms with van der Waals surface area (Å²) in [4.78, 5) is 13.4. The van der Waals surface area contributed by atoms with E-state index in [0.717, 1.165) is 0 Å². The van der Waals surface area contributed by atoms with E-state index in [4.69, 9.17) is 22.1 Å². The number of nitrogen functional groups attached to an aromatic ring is 1. The van der Waals surface area contributed by atoms with Crippen LogP contribution < -0.4 is 10.5 Å². The van der Waals surface area contributed by atoms with Gasteiger partial charge in [0.05, 0.1) is 5.02 Å². The second kappa shape index (κ2) is 6.35. The van der Waals surface area contributed by atoms with Gasteiger partial charge in [-0.3, -0.25) is 4.79 Å². The van der Waals surface area contributed by atoms with Gasteiger partial charge in [0, 0.05) is 24.8 Å². The molecule has 2 N–H and O–H groups in total. The third kappa shape index (κ3) is 3.82. The zero-order chi connectivity index (χ0) is 12.8. The molecule has 0 saturated carbocycles. The number of carbonyl (C=O) groups excluding carboxylic acids is 1. The van der Waals surface area contributed by atoms with Crippen LogP contribution in [0.1, 0.15) is 13.8 Å². The predicted octanol–water partition coefficient (Wildman–Crippen LogP) is 2.17. The summed E-state index contributed by atoms with van der Waals surface area (Å²) in [5.74, 6) is 0.376. The minimum atomic E-state index is -0.0616. The molecule has 0 bridgehead atoms. The molecule has 1 rings (SSSR count). The van der Waals surface area contributed by atoms with E-state index in [0.29, 0.717) is 29.5 Å².